The molecule has 21 heteroatoms. The monoisotopic (exact) mass is 864 g/mol. The number of carboxylic acid groups (broad SMARTS) is 1. The standard InChI is InChI=1S/C24H24F2N6O3.C16H17ClF2N6O/c1-13-7-8-14(22(33)34)11-15(13)19-16-12-28-24(35)32(20-17(25)5-4-6-18(20)26)21(16)30-23(29-19)27-9-10-31(2)3;1-24(2)7-6-20-15-22-13(17)9-8-21-16(26)25(14(9)23-15)12-10(18)4-3-5-11(12)19/h4-8,11H,9-10,12H2,1-3H3,(H,28,35)(H,33,34)(H,27,29,30);3-5H,6-8H2,1-2H3,(H,21,26)(H,20,22,23). The number of urea groups is 2. The highest BCUT2D eigenvalue weighted by atomic mass is 35.5. The molecule has 0 spiro atoms. The number of aryl methyl sites for hydroxylation is 1. The maximum absolute atomic E-state index is 14.7. The molecule has 0 radical (unpaired) electrons. The molecule has 2 aliphatic rings. The quantitative estimate of drug-likeness (QED) is 0.0679. The lowest BCUT2D eigenvalue weighted by molar-refractivity contribution is 0.0696. The maximum Gasteiger partial charge on any atom is 0.335 e. The second-order valence-electron chi connectivity index (χ2n) is 14.3. The third-order valence-corrected chi connectivity index (χ3v) is 9.64. The zero-order valence-corrected chi connectivity index (χ0v) is 34.3. The molecule has 5 aromatic rings. The van der Waals surface area contributed by atoms with Crippen LogP contribution in [0, 0.1) is 30.2 Å². The number of carboxylic acids is 1. The van der Waals surface area contributed by atoms with E-state index in [0.29, 0.717) is 48.6 Å². The number of likely N-dealkylation sites (N-methyl/N-ethyl adjacent to an activating group) is 2. The van der Waals surface area contributed by atoms with Crippen LogP contribution in [0.2, 0.25) is 5.15 Å². The van der Waals surface area contributed by atoms with Gasteiger partial charge < -0.3 is 36.2 Å². The highest BCUT2D eigenvalue weighted by molar-refractivity contribution is 6.31. The van der Waals surface area contributed by atoms with Gasteiger partial charge in [-0.15, -0.1) is 0 Å². The summed E-state index contributed by atoms with van der Waals surface area (Å²) in [7, 11) is 7.62. The van der Waals surface area contributed by atoms with Crippen molar-refractivity contribution in [1.29, 1.82) is 0 Å². The molecule has 320 valence electrons. The van der Waals surface area contributed by atoms with Crippen LogP contribution in [0.3, 0.4) is 0 Å². The van der Waals surface area contributed by atoms with Gasteiger partial charge in [0, 0.05) is 37.3 Å². The molecule has 16 nitrogen and oxygen atoms in total. The van der Waals surface area contributed by atoms with Crippen LogP contribution in [-0.4, -0.2) is 107 Å². The molecule has 5 N–H and O–H groups in total. The average Bonchev–Trinajstić information content (AvgIpc) is 3.19. The SMILES string of the molecule is CN(C)CCNc1nc(Cl)c2c(n1)N(c1c(F)cccc1F)C(=O)NC2.Cc1ccc(C(=O)O)cc1-c1nc(NCCN(C)C)nc2c1CNC(=O)N2c1c(F)cccc1F. The molecule has 2 aromatic heterocycles. The molecule has 0 saturated carbocycles. The van der Waals surface area contributed by atoms with Crippen molar-refractivity contribution < 1.29 is 37.1 Å². The van der Waals surface area contributed by atoms with E-state index in [4.69, 9.17) is 11.6 Å². The van der Waals surface area contributed by atoms with E-state index in [2.05, 4.69) is 41.2 Å². The first-order chi connectivity index (χ1) is 29.0. The third-order valence-electron chi connectivity index (χ3n) is 9.33. The number of hydrogen-bond donors (Lipinski definition) is 5. The van der Waals surface area contributed by atoms with Gasteiger partial charge >= 0.3 is 18.0 Å². The number of nitrogens with one attached hydrogen (secondary N) is 4. The van der Waals surface area contributed by atoms with Gasteiger partial charge in [0.1, 0.15) is 39.8 Å². The molecule has 0 unspecified atom stereocenters. The van der Waals surface area contributed by atoms with Gasteiger partial charge in [0.25, 0.3) is 0 Å². The third kappa shape index (κ3) is 9.72. The van der Waals surface area contributed by atoms with Crippen molar-refractivity contribution in [3.8, 4) is 11.3 Å². The predicted octanol–water partition coefficient (Wildman–Crippen LogP) is 6.51. The minimum atomic E-state index is -1.11. The summed E-state index contributed by atoms with van der Waals surface area (Å²) in [5, 5.41) is 20.8. The number of halogens is 5. The Morgan fingerprint density at radius 2 is 1.20 bits per heavy atom. The van der Waals surface area contributed by atoms with Crippen molar-refractivity contribution in [1.82, 2.24) is 40.4 Å². The number of anilines is 6. The molecule has 0 aliphatic carbocycles. The van der Waals surface area contributed by atoms with Crippen molar-refractivity contribution in [2.75, 3.05) is 74.8 Å². The molecular formula is C40H41ClF4N12O4. The lowest BCUT2D eigenvalue weighted by Gasteiger charge is -2.31. The summed E-state index contributed by atoms with van der Waals surface area (Å²) in [5.74, 6) is -4.38. The number of nitrogens with zero attached hydrogens (tertiary/aromatic N) is 8. The Morgan fingerprint density at radius 1 is 0.738 bits per heavy atom. The Bertz CT molecular complexity index is 2460. The molecule has 4 heterocycles. The van der Waals surface area contributed by atoms with Crippen molar-refractivity contribution in [2.24, 2.45) is 0 Å². The zero-order valence-electron chi connectivity index (χ0n) is 33.6. The highest BCUT2D eigenvalue weighted by Gasteiger charge is 2.35. The number of benzene rings is 3. The molecule has 61 heavy (non-hydrogen) atoms. The van der Waals surface area contributed by atoms with Gasteiger partial charge in [0.2, 0.25) is 11.9 Å². The van der Waals surface area contributed by atoms with E-state index in [1.54, 1.807) is 13.0 Å². The Labute approximate surface area is 352 Å². The lowest BCUT2D eigenvalue weighted by Crippen LogP contribution is -2.43. The van der Waals surface area contributed by atoms with Crippen molar-refractivity contribution in [3.05, 3.63) is 105 Å². The van der Waals surface area contributed by atoms with Crippen LogP contribution in [0.25, 0.3) is 11.3 Å². The van der Waals surface area contributed by atoms with Crippen molar-refractivity contribution in [2.45, 2.75) is 20.0 Å². The van der Waals surface area contributed by atoms with Crippen LogP contribution >= 0.6 is 11.6 Å². The molecular weight excluding hydrogens is 824 g/mol. The number of fused-ring (bicyclic) bond motifs is 2. The number of amides is 4. The van der Waals surface area contributed by atoms with E-state index in [0.717, 1.165) is 39.6 Å². The fraction of sp³-hybridized carbons (Fsp3) is 0.275. The van der Waals surface area contributed by atoms with Crippen LogP contribution in [0.4, 0.5) is 62.1 Å². The predicted molar refractivity (Wildman–Crippen MR) is 222 cm³/mol. The molecule has 0 fully saturated rings. The molecule has 4 amide bonds. The van der Waals surface area contributed by atoms with E-state index in [1.807, 2.05) is 38.0 Å². The summed E-state index contributed by atoms with van der Waals surface area (Å²) in [5.41, 5.74) is 1.34. The van der Waals surface area contributed by atoms with Crippen LogP contribution in [0.15, 0.2) is 54.6 Å². The first-order valence-corrected chi connectivity index (χ1v) is 19.1. The normalized spacial score (nSPS) is 13.2. The Kier molecular flexibility index (Phi) is 13.5. The van der Waals surface area contributed by atoms with Crippen LogP contribution < -0.4 is 31.1 Å². The average molecular weight is 865 g/mol. The molecule has 0 atom stereocenters. The van der Waals surface area contributed by atoms with Gasteiger partial charge in [-0.05, 0) is 77.1 Å². The number of rotatable bonds is 12. The molecule has 0 bridgehead atoms. The summed E-state index contributed by atoms with van der Waals surface area (Å²) >= 11 is 6.20. The summed E-state index contributed by atoms with van der Waals surface area (Å²) in [6.07, 6.45) is 0. The molecule has 3 aromatic carbocycles. The minimum absolute atomic E-state index is 0.00914. The van der Waals surface area contributed by atoms with E-state index in [-0.39, 0.29) is 47.3 Å². The van der Waals surface area contributed by atoms with Gasteiger partial charge in [-0.1, -0.05) is 29.8 Å². The van der Waals surface area contributed by atoms with Gasteiger partial charge in [-0.2, -0.15) is 9.97 Å². The Hall–Kier alpha value is -6.64. The maximum atomic E-state index is 14.7. The number of aromatic carboxylic acids is 1. The largest absolute Gasteiger partial charge is 0.478 e. The van der Waals surface area contributed by atoms with Crippen LogP contribution in [-0.2, 0) is 13.1 Å². The minimum Gasteiger partial charge on any atom is -0.478 e. The summed E-state index contributed by atoms with van der Waals surface area (Å²) in [4.78, 5) is 59.9. The van der Waals surface area contributed by atoms with Crippen molar-refractivity contribution >= 4 is 64.5 Å². The topological polar surface area (TPSA) is 184 Å². The van der Waals surface area contributed by atoms with Crippen LogP contribution in [0.5, 0.6) is 0 Å². The first-order valence-electron chi connectivity index (χ1n) is 18.7. The summed E-state index contributed by atoms with van der Waals surface area (Å²) in [6.45, 7) is 4.20. The van der Waals surface area contributed by atoms with Gasteiger partial charge in [-0.3, -0.25) is 0 Å². The van der Waals surface area contributed by atoms with Gasteiger partial charge in [0.15, 0.2) is 11.6 Å². The second-order valence-corrected chi connectivity index (χ2v) is 14.6. The highest BCUT2D eigenvalue weighted by Crippen LogP contribution is 2.40. The molecule has 7 rings (SSSR count). The fourth-order valence-electron chi connectivity index (χ4n) is 6.27. The van der Waals surface area contributed by atoms with E-state index >= 15 is 0 Å². The zero-order chi connectivity index (χ0) is 44.1. The molecule has 0 saturated heterocycles. The summed E-state index contributed by atoms with van der Waals surface area (Å²) < 4.78 is 57.9. The van der Waals surface area contributed by atoms with Crippen LogP contribution in [0.1, 0.15) is 27.0 Å². The lowest BCUT2D eigenvalue weighted by atomic mass is 9.98. The number of aromatic nitrogens is 4. The number of hydrogen-bond acceptors (Lipinski definition) is 11. The Balaban J connectivity index is 0.000000213. The fourth-order valence-corrected chi connectivity index (χ4v) is 6.51. The van der Waals surface area contributed by atoms with Gasteiger partial charge in [-0.25, -0.2) is 51.7 Å². The number of carbonyl (C=O) groups is 3. The second kappa shape index (κ2) is 18.7. The number of para-hydroxylation sites is 2. The van der Waals surface area contributed by atoms with Crippen molar-refractivity contribution in [3.63, 3.8) is 0 Å². The molecule has 2 aliphatic heterocycles. The van der Waals surface area contributed by atoms with E-state index in [1.165, 1.54) is 24.3 Å². The summed E-state index contributed by atoms with van der Waals surface area (Å²) in [6, 6.07) is 9.84. The van der Waals surface area contributed by atoms with E-state index < -0.39 is 52.7 Å². The Morgan fingerprint density at radius 3 is 1.67 bits per heavy atom. The van der Waals surface area contributed by atoms with Gasteiger partial charge in [0.05, 0.1) is 29.9 Å². The first kappa shape index (κ1) is 43.9. The van der Waals surface area contributed by atoms with E-state index in [9.17, 15) is 37.1 Å². The smallest absolute Gasteiger partial charge is 0.335 e. The number of carbonyl (C=O) groups excluding carboxylic acids is 2.